The predicted octanol–water partition coefficient (Wildman–Crippen LogP) is 1.34. The number of aromatic nitrogens is 2. The third kappa shape index (κ3) is 4.81. The van der Waals surface area contributed by atoms with E-state index in [2.05, 4.69) is 19.5 Å². The molecule has 1 aliphatic heterocycles. The van der Waals surface area contributed by atoms with Crippen LogP contribution in [0.1, 0.15) is 17.2 Å². The molecular weight excluding hydrogens is 468 g/mol. The van der Waals surface area contributed by atoms with Crippen LogP contribution in [-0.4, -0.2) is 53.5 Å². The molecule has 4 atom stereocenters. The third-order valence-electron chi connectivity index (χ3n) is 4.85. The third-order valence-corrected chi connectivity index (χ3v) is 6.68. The standard InChI is InChI=1S/C18H19ClN4O6S2/c19-11-4-2-1-3-9(11)5-21-18-17-13(22-8-23-18)10(7-30-17)16-15(25)14(24)12(29-16)6-28-31(20,26)27/h1-4,7-8,12,14-16,24-25H,5-6H2,(H2,20,26,27)(H,21,22,23)/t12-,14-,15-,16+/m1/s1. The molecule has 0 aliphatic carbocycles. The molecule has 4 rings (SSSR count). The van der Waals surface area contributed by atoms with Gasteiger partial charge >= 0.3 is 10.3 Å². The molecule has 166 valence electrons. The molecule has 13 heteroatoms. The average molecular weight is 487 g/mol. The Hall–Kier alpha value is -1.90. The molecule has 31 heavy (non-hydrogen) atoms. The van der Waals surface area contributed by atoms with Crippen LogP contribution in [0.2, 0.25) is 5.02 Å². The normalized spacial score (nSPS) is 24.0. The molecule has 2 aromatic heterocycles. The number of ether oxygens (including phenoxy) is 1. The van der Waals surface area contributed by atoms with E-state index in [0.29, 0.717) is 28.5 Å². The minimum Gasteiger partial charge on any atom is -0.387 e. The van der Waals surface area contributed by atoms with E-state index >= 15 is 0 Å². The Balaban J connectivity index is 1.55. The first-order valence-electron chi connectivity index (χ1n) is 9.12. The summed E-state index contributed by atoms with van der Waals surface area (Å²) in [7, 11) is -4.21. The van der Waals surface area contributed by atoms with Gasteiger partial charge in [-0.05, 0) is 17.0 Å². The summed E-state index contributed by atoms with van der Waals surface area (Å²) in [5.74, 6) is 0.586. The number of hydrogen-bond acceptors (Lipinski definition) is 10. The molecule has 1 saturated heterocycles. The van der Waals surface area contributed by atoms with Crippen LogP contribution >= 0.6 is 22.9 Å². The summed E-state index contributed by atoms with van der Waals surface area (Å²) in [6, 6.07) is 7.45. The molecule has 5 N–H and O–H groups in total. The Bertz CT molecular complexity index is 1190. The van der Waals surface area contributed by atoms with E-state index in [4.69, 9.17) is 21.5 Å². The zero-order chi connectivity index (χ0) is 22.2. The number of rotatable bonds is 7. The van der Waals surface area contributed by atoms with Gasteiger partial charge in [0, 0.05) is 17.1 Å². The Kier molecular flexibility index (Phi) is 6.42. The van der Waals surface area contributed by atoms with Crippen molar-refractivity contribution in [2.45, 2.75) is 31.0 Å². The first-order chi connectivity index (χ1) is 14.7. The highest BCUT2D eigenvalue weighted by molar-refractivity contribution is 7.84. The van der Waals surface area contributed by atoms with Crippen molar-refractivity contribution in [3.63, 3.8) is 0 Å². The van der Waals surface area contributed by atoms with Crippen molar-refractivity contribution in [2.24, 2.45) is 5.14 Å². The molecule has 1 aromatic carbocycles. The van der Waals surface area contributed by atoms with Crippen molar-refractivity contribution in [2.75, 3.05) is 11.9 Å². The number of nitrogens with zero attached hydrogens (tertiary/aromatic N) is 2. The van der Waals surface area contributed by atoms with Crippen LogP contribution in [0.3, 0.4) is 0 Å². The van der Waals surface area contributed by atoms with Gasteiger partial charge in [0.2, 0.25) is 0 Å². The summed E-state index contributed by atoms with van der Waals surface area (Å²) in [5.41, 5.74) is 2.00. The van der Waals surface area contributed by atoms with Crippen molar-refractivity contribution in [3.8, 4) is 0 Å². The number of halogens is 1. The molecule has 0 saturated carbocycles. The zero-order valence-corrected chi connectivity index (χ0v) is 18.3. The first-order valence-corrected chi connectivity index (χ1v) is 11.9. The van der Waals surface area contributed by atoms with Crippen LogP contribution < -0.4 is 10.5 Å². The second-order valence-corrected chi connectivity index (χ2v) is 9.40. The lowest BCUT2D eigenvalue weighted by Gasteiger charge is -2.14. The quantitative estimate of drug-likeness (QED) is 0.386. The van der Waals surface area contributed by atoms with Gasteiger partial charge < -0.3 is 20.3 Å². The maximum Gasteiger partial charge on any atom is 0.333 e. The van der Waals surface area contributed by atoms with Crippen molar-refractivity contribution in [1.29, 1.82) is 0 Å². The molecule has 3 aromatic rings. The van der Waals surface area contributed by atoms with Gasteiger partial charge in [0.25, 0.3) is 0 Å². The smallest absolute Gasteiger partial charge is 0.333 e. The van der Waals surface area contributed by atoms with E-state index in [-0.39, 0.29) is 0 Å². The largest absolute Gasteiger partial charge is 0.387 e. The zero-order valence-electron chi connectivity index (χ0n) is 15.9. The van der Waals surface area contributed by atoms with Crippen molar-refractivity contribution >= 4 is 49.3 Å². The van der Waals surface area contributed by atoms with Gasteiger partial charge in [-0.3, -0.25) is 4.18 Å². The van der Waals surface area contributed by atoms with Gasteiger partial charge in [0.1, 0.15) is 36.6 Å². The summed E-state index contributed by atoms with van der Waals surface area (Å²) in [5, 5.41) is 31.1. The molecule has 0 spiro atoms. The Morgan fingerprint density at radius 2 is 2.03 bits per heavy atom. The van der Waals surface area contributed by atoms with Crippen molar-refractivity contribution < 1.29 is 27.6 Å². The van der Waals surface area contributed by atoms with E-state index in [1.54, 1.807) is 11.4 Å². The van der Waals surface area contributed by atoms with Gasteiger partial charge in [-0.25, -0.2) is 15.1 Å². The molecule has 1 fully saturated rings. The lowest BCUT2D eigenvalue weighted by atomic mass is 10.0. The molecule has 0 radical (unpaired) electrons. The van der Waals surface area contributed by atoms with Crippen LogP contribution in [0.25, 0.3) is 10.2 Å². The fraction of sp³-hybridized carbons (Fsp3) is 0.333. The maximum atomic E-state index is 11.0. The monoisotopic (exact) mass is 486 g/mol. The van der Waals surface area contributed by atoms with Crippen LogP contribution in [0.4, 0.5) is 5.82 Å². The minimum atomic E-state index is -4.21. The van der Waals surface area contributed by atoms with E-state index in [9.17, 15) is 18.6 Å². The topological polar surface area (TPSA) is 157 Å². The van der Waals surface area contributed by atoms with Crippen molar-refractivity contribution in [1.82, 2.24) is 9.97 Å². The number of hydrogen-bond donors (Lipinski definition) is 4. The molecule has 0 unspecified atom stereocenters. The number of anilines is 1. The first kappa shape index (κ1) is 22.3. The van der Waals surface area contributed by atoms with E-state index in [1.165, 1.54) is 17.7 Å². The van der Waals surface area contributed by atoms with E-state index in [1.807, 2.05) is 18.2 Å². The summed E-state index contributed by atoms with van der Waals surface area (Å²) < 4.78 is 32.9. The number of aliphatic hydroxyl groups is 2. The highest BCUT2D eigenvalue weighted by atomic mass is 35.5. The molecule has 0 amide bonds. The lowest BCUT2D eigenvalue weighted by molar-refractivity contribution is -0.0151. The highest BCUT2D eigenvalue weighted by Gasteiger charge is 2.45. The molecular formula is C18H19ClN4O6S2. The van der Waals surface area contributed by atoms with Crippen LogP contribution in [-0.2, 0) is 25.8 Å². The highest BCUT2D eigenvalue weighted by Crippen LogP contribution is 2.40. The van der Waals surface area contributed by atoms with E-state index < -0.39 is 41.3 Å². The predicted molar refractivity (Wildman–Crippen MR) is 115 cm³/mol. The molecule has 10 nitrogen and oxygen atoms in total. The Labute approximate surface area is 186 Å². The van der Waals surface area contributed by atoms with Crippen molar-refractivity contribution in [3.05, 3.63) is 52.1 Å². The second-order valence-electron chi connectivity index (χ2n) is 6.89. The number of fused-ring (bicyclic) bond motifs is 1. The number of aliphatic hydroxyl groups excluding tert-OH is 2. The maximum absolute atomic E-state index is 11.0. The molecule has 3 heterocycles. The van der Waals surface area contributed by atoms with Crippen LogP contribution in [0.5, 0.6) is 0 Å². The average Bonchev–Trinajstić information content (AvgIpc) is 3.27. The number of thiophene rings is 1. The van der Waals surface area contributed by atoms with E-state index in [0.717, 1.165) is 10.3 Å². The van der Waals surface area contributed by atoms with Crippen LogP contribution in [0, 0.1) is 0 Å². The number of nitrogens with one attached hydrogen (secondary N) is 1. The fourth-order valence-corrected chi connectivity index (χ4v) is 4.86. The number of benzene rings is 1. The summed E-state index contributed by atoms with van der Waals surface area (Å²) >= 11 is 7.55. The minimum absolute atomic E-state index is 0.452. The Morgan fingerprint density at radius 1 is 1.26 bits per heavy atom. The van der Waals surface area contributed by atoms with Gasteiger partial charge in [-0.15, -0.1) is 11.3 Å². The number of nitrogens with two attached hydrogens (primary N) is 1. The van der Waals surface area contributed by atoms with Gasteiger partial charge in [-0.1, -0.05) is 29.8 Å². The summed E-state index contributed by atoms with van der Waals surface area (Å²) in [6.45, 7) is -0.0669. The Morgan fingerprint density at radius 3 is 2.77 bits per heavy atom. The SMILES string of the molecule is NS(=O)(=O)OC[C@H]1O[C@@H](c2csc3c(NCc4ccccc4Cl)ncnc23)[C@H](O)[C@@H]1O. The lowest BCUT2D eigenvalue weighted by Crippen LogP contribution is -2.34. The second kappa shape index (κ2) is 8.92. The summed E-state index contributed by atoms with van der Waals surface area (Å²) in [6.07, 6.45) is -3.29. The van der Waals surface area contributed by atoms with Gasteiger partial charge in [-0.2, -0.15) is 8.42 Å². The van der Waals surface area contributed by atoms with Gasteiger partial charge in [0.05, 0.1) is 16.8 Å². The van der Waals surface area contributed by atoms with Crippen LogP contribution in [0.15, 0.2) is 36.0 Å². The van der Waals surface area contributed by atoms with Gasteiger partial charge in [0.15, 0.2) is 0 Å². The molecule has 0 bridgehead atoms. The summed E-state index contributed by atoms with van der Waals surface area (Å²) in [4.78, 5) is 8.59. The molecule has 1 aliphatic rings. The fourth-order valence-electron chi connectivity index (χ4n) is 3.32.